The van der Waals surface area contributed by atoms with E-state index in [1.807, 2.05) is 13.8 Å². The molecule has 4 nitrogen and oxygen atoms in total. The van der Waals surface area contributed by atoms with Crippen molar-refractivity contribution in [2.24, 2.45) is 5.92 Å². The highest BCUT2D eigenvalue weighted by atomic mass is 32.2. The van der Waals surface area contributed by atoms with Crippen molar-refractivity contribution in [1.82, 2.24) is 10.2 Å². The standard InChI is InChI=1S/C13H24N2O2S/c1-5-10(3)15-12(16)6-11(13(15)17)14-7-9(2)8-18-4/h9-11,14H,5-8H2,1-4H3. The van der Waals surface area contributed by atoms with Gasteiger partial charge in [-0.15, -0.1) is 0 Å². The van der Waals surface area contributed by atoms with Gasteiger partial charge in [-0.3, -0.25) is 14.5 Å². The Balaban J connectivity index is 2.50. The van der Waals surface area contributed by atoms with Gasteiger partial charge in [0.15, 0.2) is 0 Å². The zero-order chi connectivity index (χ0) is 13.7. The largest absolute Gasteiger partial charge is 0.305 e. The predicted molar refractivity (Wildman–Crippen MR) is 75.6 cm³/mol. The van der Waals surface area contributed by atoms with Crippen molar-refractivity contribution in [3.63, 3.8) is 0 Å². The van der Waals surface area contributed by atoms with Gasteiger partial charge in [-0.1, -0.05) is 13.8 Å². The molecule has 18 heavy (non-hydrogen) atoms. The Labute approximate surface area is 114 Å². The highest BCUT2D eigenvalue weighted by Crippen LogP contribution is 2.18. The van der Waals surface area contributed by atoms with Gasteiger partial charge in [-0.05, 0) is 37.8 Å². The molecule has 0 aromatic heterocycles. The minimum Gasteiger partial charge on any atom is -0.305 e. The molecule has 0 aromatic carbocycles. The summed E-state index contributed by atoms with van der Waals surface area (Å²) in [5.41, 5.74) is 0. The van der Waals surface area contributed by atoms with Gasteiger partial charge in [0, 0.05) is 6.04 Å². The zero-order valence-electron chi connectivity index (χ0n) is 11.7. The van der Waals surface area contributed by atoms with Gasteiger partial charge in [0.25, 0.3) is 0 Å². The number of nitrogens with zero attached hydrogens (tertiary/aromatic N) is 1. The quantitative estimate of drug-likeness (QED) is 0.714. The average molecular weight is 272 g/mol. The van der Waals surface area contributed by atoms with E-state index in [0.717, 1.165) is 18.7 Å². The third kappa shape index (κ3) is 3.72. The van der Waals surface area contributed by atoms with Gasteiger partial charge >= 0.3 is 0 Å². The van der Waals surface area contributed by atoms with E-state index in [9.17, 15) is 9.59 Å². The molecule has 5 heteroatoms. The molecular formula is C13H24N2O2S. The van der Waals surface area contributed by atoms with Crippen LogP contribution in [0, 0.1) is 5.92 Å². The molecule has 1 fully saturated rings. The molecular weight excluding hydrogens is 248 g/mol. The second-order valence-corrected chi connectivity index (χ2v) is 6.00. The number of thioether (sulfide) groups is 1. The van der Waals surface area contributed by atoms with Crippen LogP contribution in [0.3, 0.4) is 0 Å². The lowest BCUT2D eigenvalue weighted by Crippen LogP contribution is -2.43. The Bertz CT molecular complexity index is 309. The van der Waals surface area contributed by atoms with Crippen molar-refractivity contribution < 1.29 is 9.59 Å². The van der Waals surface area contributed by atoms with E-state index in [1.165, 1.54) is 4.90 Å². The molecule has 1 N–H and O–H groups in total. The van der Waals surface area contributed by atoms with Crippen molar-refractivity contribution in [3.8, 4) is 0 Å². The second kappa shape index (κ2) is 7.14. The normalized spacial score (nSPS) is 23.6. The summed E-state index contributed by atoms with van der Waals surface area (Å²) in [6.45, 7) is 6.86. The molecule has 0 aliphatic carbocycles. The molecule has 1 heterocycles. The fourth-order valence-electron chi connectivity index (χ4n) is 2.14. The van der Waals surface area contributed by atoms with Gasteiger partial charge in [-0.25, -0.2) is 0 Å². The van der Waals surface area contributed by atoms with Crippen LogP contribution in [-0.4, -0.2) is 47.4 Å². The number of carbonyl (C=O) groups is 2. The molecule has 0 spiro atoms. The molecule has 1 rings (SSSR count). The zero-order valence-corrected chi connectivity index (χ0v) is 12.5. The number of rotatable bonds is 7. The lowest BCUT2D eigenvalue weighted by atomic mass is 10.2. The second-order valence-electron chi connectivity index (χ2n) is 5.08. The lowest BCUT2D eigenvalue weighted by Gasteiger charge is -2.22. The molecule has 0 aromatic rings. The van der Waals surface area contributed by atoms with Crippen LogP contribution in [0.5, 0.6) is 0 Å². The van der Waals surface area contributed by atoms with Crippen LogP contribution in [0.15, 0.2) is 0 Å². The molecule has 1 aliphatic heterocycles. The Kier molecular flexibility index (Phi) is 6.15. The van der Waals surface area contributed by atoms with E-state index in [0.29, 0.717) is 12.3 Å². The summed E-state index contributed by atoms with van der Waals surface area (Å²) in [6, 6.07) is -0.295. The SMILES string of the molecule is CCC(C)N1C(=O)CC(NCC(C)CSC)C1=O. The maximum atomic E-state index is 12.1. The molecule has 0 radical (unpaired) electrons. The first-order valence-corrected chi connectivity index (χ1v) is 7.98. The van der Waals surface area contributed by atoms with Crippen LogP contribution in [0.2, 0.25) is 0 Å². The summed E-state index contributed by atoms with van der Waals surface area (Å²) in [6.07, 6.45) is 3.20. The third-order valence-corrected chi connectivity index (χ3v) is 4.28. The van der Waals surface area contributed by atoms with Crippen molar-refractivity contribution in [1.29, 1.82) is 0 Å². The van der Waals surface area contributed by atoms with Crippen molar-refractivity contribution in [3.05, 3.63) is 0 Å². The minimum absolute atomic E-state index is 0.0143. The summed E-state index contributed by atoms with van der Waals surface area (Å²) in [4.78, 5) is 25.4. The fourth-order valence-corrected chi connectivity index (χ4v) is 2.83. The van der Waals surface area contributed by atoms with Gasteiger partial charge in [0.2, 0.25) is 11.8 Å². The van der Waals surface area contributed by atoms with Crippen molar-refractivity contribution in [2.75, 3.05) is 18.6 Å². The number of likely N-dealkylation sites (tertiary alicyclic amines) is 1. The number of hydrogen-bond acceptors (Lipinski definition) is 4. The Hall–Kier alpha value is -0.550. The topological polar surface area (TPSA) is 49.4 Å². The number of imide groups is 1. The Morgan fingerprint density at radius 2 is 2.11 bits per heavy atom. The summed E-state index contributed by atoms with van der Waals surface area (Å²) in [5, 5.41) is 3.23. The Morgan fingerprint density at radius 1 is 1.44 bits per heavy atom. The molecule has 3 atom stereocenters. The van der Waals surface area contributed by atoms with Crippen LogP contribution >= 0.6 is 11.8 Å². The minimum atomic E-state index is -0.309. The molecule has 1 aliphatic rings. The first kappa shape index (κ1) is 15.5. The molecule has 0 saturated carbocycles. The Morgan fingerprint density at radius 3 is 2.67 bits per heavy atom. The van der Waals surface area contributed by atoms with Crippen LogP contribution in [0.1, 0.15) is 33.6 Å². The number of carbonyl (C=O) groups excluding carboxylic acids is 2. The number of nitrogens with one attached hydrogen (secondary N) is 1. The summed E-state index contributed by atoms with van der Waals surface area (Å²) >= 11 is 1.80. The first-order chi connectivity index (χ1) is 8.51. The van der Waals surface area contributed by atoms with Gasteiger partial charge in [-0.2, -0.15) is 11.8 Å². The van der Waals surface area contributed by atoms with Gasteiger partial charge in [0.05, 0.1) is 12.5 Å². The molecule has 2 amide bonds. The van der Waals surface area contributed by atoms with E-state index in [-0.39, 0.29) is 23.9 Å². The van der Waals surface area contributed by atoms with Gasteiger partial charge in [0.1, 0.15) is 0 Å². The van der Waals surface area contributed by atoms with E-state index in [4.69, 9.17) is 0 Å². The lowest BCUT2D eigenvalue weighted by molar-refractivity contribution is -0.141. The molecule has 104 valence electrons. The maximum Gasteiger partial charge on any atom is 0.247 e. The summed E-state index contributed by atoms with van der Waals surface area (Å²) < 4.78 is 0. The first-order valence-electron chi connectivity index (χ1n) is 6.59. The van der Waals surface area contributed by atoms with Crippen LogP contribution in [0.25, 0.3) is 0 Å². The van der Waals surface area contributed by atoms with Crippen LogP contribution < -0.4 is 5.32 Å². The monoisotopic (exact) mass is 272 g/mol. The van der Waals surface area contributed by atoms with E-state index in [1.54, 1.807) is 11.8 Å². The van der Waals surface area contributed by atoms with E-state index >= 15 is 0 Å². The summed E-state index contributed by atoms with van der Waals surface area (Å²) in [5.74, 6) is 1.49. The van der Waals surface area contributed by atoms with Crippen molar-refractivity contribution >= 4 is 23.6 Å². The third-order valence-electron chi connectivity index (χ3n) is 3.38. The van der Waals surface area contributed by atoms with Crippen LogP contribution in [-0.2, 0) is 9.59 Å². The highest BCUT2D eigenvalue weighted by molar-refractivity contribution is 7.98. The number of hydrogen-bond donors (Lipinski definition) is 1. The number of amides is 2. The highest BCUT2D eigenvalue weighted by Gasteiger charge is 2.40. The fraction of sp³-hybridized carbons (Fsp3) is 0.846. The molecule has 3 unspecified atom stereocenters. The van der Waals surface area contributed by atoms with Crippen LogP contribution in [0.4, 0.5) is 0 Å². The maximum absolute atomic E-state index is 12.1. The predicted octanol–water partition coefficient (Wildman–Crippen LogP) is 1.50. The smallest absolute Gasteiger partial charge is 0.247 e. The molecule has 0 bridgehead atoms. The molecule has 1 saturated heterocycles. The summed E-state index contributed by atoms with van der Waals surface area (Å²) in [7, 11) is 0. The van der Waals surface area contributed by atoms with Crippen molar-refractivity contribution in [2.45, 2.75) is 45.7 Å². The van der Waals surface area contributed by atoms with E-state index < -0.39 is 0 Å². The van der Waals surface area contributed by atoms with E-state index in [2.05, 4.69) is 18.5 Å². The van der Waals surface area contributed by atoms with Gasteiger partial charge < -0.3 is 5.32 Å². The average Bonchev–Trinajstić information content (AvgIpc) is 2.61.